The van der Waals surface area contributed by atoms with E-state index in [-0.39, 0.29) is 35.1 Å². The summed E-state index contributed by atoms with van der Waals surface area (Å²) in [6.45, 7) is 0. The zero-order chi connectivity index (χ0) is 12.1. The molecule has 0 fully saturated rings. The van der Waals surface area contributed by atoms with Gasteiger partial charge >= 0.3 is 0 Å². The summed E-state index contributed by atoms with van der Waals surface area (Å²) in [4.78, 5) is 23.6. The third kappa shape index (κ3) is 3.66. The zero-order valence-corrected chi connectivity index (χ0v) is 10.9. The van der Waals surface area contributed by atoms with Crippen LogP contribution in [0, 0.1) is 0 Å². The smallest absolute Gasteiger partial charge is 0.170 e. The summed E-state index contributed by atoms with van der Waals surface area (Å²) in [7, 11) is 0. The monoisotopic (exact) mass is 279 g/mol. The second-order valence-corrected chi connectivity index (χ2v) is 3.76. The van der Waals surface area contributed by atoms with Crippen LogP contribution in [0.1, 0.15) is 27.1 Å². The fourth-order valence-electron chi connectivity index (χ4n) is 1.60. The number of benzene rings is 2. The Morgan fingerprint density at radius 3 is 1.33 bits per heavy atom. The van der Waals surface area contributed by atoms with Gasteiger partial charge in [-0.25, -0.2) is 0 Å². The van der Waals surface area contributed by atoms with Gasteiger partial charge in [0, 0.05) is 28.2 Å². The minimum Gasteiger partial charge on any atom is -0.294 e. The average molecular weight is 279 g/mol. The number of hydrogen-bond donors (Lipinski definition) is 0. The molecular formula is C15H12MnO2. The first-order valence-electron chi connectivity index (χ1n) is 5.44. The van der Waals surface area contributed by atoms with Crippen molar-refractivity contribution in [1.82, 2.24) is 0 Å². The van der Waals surface area contributed by atoms with Gasteiger partial charge in [0.1, 0.15) is 0 Å². The van der Waals surface area contributed by atoms with Gasteiger partial charge in [0.05, 0.1) is 6.42 Å². The van der Waals surface area contributed by atoms with Gasteiger partial charge < -0.3 is 0 Å². The van der Waals surface area contributed by atoms with E-state index in [1.54, 1.807) is 48.5 Å². The molecule has 0 atom stereocenters. The van der Waals surface area contributed by atoms with E-state index in [0.29, 0.717) is 11.1 Å². The van der Waals surface area contributed by atoms with Crippen molar-refractivity contribution in [2.45, 2.75) is 6.42 Å². The van der Waals surface area contributed by atoms with Crippen LogP contribution >= 0.6 is 0 Å². The van der Waals surface area contributed by atoms with Crippen molar-refractivity contribution in [1.29, 1.82) is 0 Å². The number of rotatable bonds is 4. The molecular weight excluding hydrogens is 267 g/mol. The summed E-state index contributed by atoms with van der Waals surface area (Å²) in [5, 5.41) is 0. The van der Waals surface area contributed by atoms with Crippen LogP contribution in [-0.2, 0) is 17.1 Å². The molecule has 0 N–H and O–H groups in total. The van der Waals surface area contributed by atoms with Gasteiger partial charge in [0.15, 0.2) is 11.6 Å². The normalized spacial score (nSPS) is 9.33. The maximum absolute atomic E-state index is 11.8. The van der Waals surface area contributed by atoms with Gasteiger partial charge in [0.2, 0.25) is 0 Å². The van der Waals surface area contributed by atoms with Crippen LogP contribution in [0.3, 0.4) is 0 Å². The first kappa shape index (κ1) is 14.4. The second kappa shape index (κ2) is 6.90. The van der Waals surface area contributed by atoms with E-state index >= 15 is 0 Å². The summed E-state index contributed by atoms with van der Waals surface area (Å²) in [5.41, 5.74) is 1.16. The van der Waals surface area contributed by atoms with Crippen molar-refractivity contribution < 1.29 is 26.7 Å². The van der Waals surface area contributed by atoms with Crippen LogP contribution in [0.2, 0.25) is 0 Å². The predicted molar refractivity (Wildman–Crippen MR) is 66.2 cm³/mol. The van der Waals surface area contributed by atoms with Gasteiger partial charge in [-0.15, -0.1) is 0 Å². The summed E-state index contributed by atoms with van der Waals surface area (Å²) in [6, 6.07) is 17.7. The predicted octanol–water partition coefficient (Wildman–Crippen LogP) is 3.14. The molecule has 0 amide bonds. The van der Waals surface area contributed by atoms with Crippen LogP contribution in [0.15, 0.2) is 60.7 Å². The van der Waals surface area contributed by atoms with E-state index in [0.717, 1.165) is 0 Å². The summed E-state index contributed by atoms with van der Waals surface area (Å²) in [6.07, 6.45) is -0.0754. The van der Waals surface area contributed by atoms with Crippen molar-refractivity contribution in [3.8, 4) is 0 Å². The molecule has 0 aliphatic carbocycles. The summed E-state index contributed by atoms with van der Waals surface area (Å²) in [5.74, 6) is -0.279. The SMILES string of the molecule is O=C(CC(=O)c1ccccc1)c1ccccc1.[Mn]. The first-order chi connectivity index (χ1) is 8.27. The Bertz CT molecular complexity index is 471. The maximum Gasteiger partial charge on any atom is 0.170 e. The number of carbonyl (C=O) groups is 2. The van der Waals surface area contributed by atoms with Gasteiger partial charge in [-0.2, -0.15) is 0 Å². The van der Waals surface area contributed by atoms with E-state index in [1.807, 2.05) is 12.1 Å². The van der Waals surface area contributed by atoms with Crippen LogP contribution in [0.5, 0.6) is 0 Å². The van der Waals surface area contributed by atoms with Gasteiger partial charge in [-0.3, -0.25) is 9.59 Å². The third-order valence-electron chi connectivity index (χ3n) is 2.51. The molecule has 0 saturated heterocycles. The third-order valence-corrected chi connectivity index (χ3v) is 2.51. The van der Waals surface area contributed by atoms with Gasteiger partial charge in [-0.05, 0) is 0 Å². The number of hydrogen-bond acceptors (Lipinski definition) is 2. The summed E-state index contributed by atoms with van der Waals surface area (Å²) < 4.78 is 0. The summed E-state index contributed by atoms with van der Waals surface area (Å²) >= 11 is 0. The van der Waals surface area contributed by atoms with Crippen LogP contribution in [-0.4, -0.2) is 11.6 Å². The van der Waals surface area contributed by atoms with Gasteiger partial charge in [0.25, 0.3) is 0 Å². The van der Waals surface area contributed by atoms with E-state index in [1.165, 1.54) is 0 Å². The Kier molecular flexibility index (Phi) is 5.50. The van der Waals surface area contributed by atoms with Crippen LogP contribution < -0.4 is 0 Å². The van der Waals surface area contributed by atoms with E-state index < -0.39 is 0 Å². The standard InChI is InChI=1S/C15H12O2.Mn/c16-14(12-7-3-1-4-8-12)11-15(17)13-9-5-2-6-10-13;/h1-10H,11H2;. The van der Waals surface area contributed by atoms with E-state index in [4.69, 9.17) is 0 Å². The Morgan fingerprint density at radius 2 is 1.00 bits per heavy atom. The number of ketones is 2. The molecule has 0 unspecified atom stereocenters. The molecule has 3 heteroatoms. The van der Waals surface area contributed by atoms with Crippen molar-refractivity contribution in [3.05, 3.63) is 71.8 Å². The van der Waals surface area contributed by atoms with E-state index in [2.05, 4.69) is 0 Å². The first-order valence-corrected chi connectivity index (χ1v) is 5.44. The van der Waals surface area contributed by atoms with Crippen LogP contribution in [0.4, 0.5) is 0 Å². The van der Waals surface area contributed by atoms with Crippen molar-refractivity contribution in [3.63, 3.8) is 0 Å². The molecule has 0 saturated carbocycles. The number of carbonyl (C=O) groups excluding carboxylic acids is 2. The molecule has 0 aliphatic heterocycles. The Hall–Kier alpha value is -1.70. The van der Waals surface area contributed by atoms with Crippen molar-refractivity contribution in [2.24, 2.45) is 0 Å². The molecule has 0 spiro atoms. The maximum atomic E-state index is 11.8. The molecule has 1 radical (unpaired) electrons. The van der Waals surface area contributed by atoms with Crippen molar-refractivity contribution >= 4 is 11.6 Å². The van der Waals surface area contributed by atoms with Crippen molar-refractivity contribution in [2.75, 3.05) is 0 Å². The van der Waals surface area contributed by atoms with Gasteiger partial charge in [-0.1, -0.05) is 60.7 Å². The zero-order valence-electron chi connectivity index (χ0n) is 9.68. The molecule has 2 aromatic rings. The second-order valence-electron chi connectivity index (χ2n) is 3.76. The Morgan fingerprint density at radius 1 is 0.667 bits per heavy atom. The molecule has 91 valence electrons. The molecule has 2 rings (SSSR count). The topological polar surface area (TPSA) is 34.1 Å². The molecule has 0 aromatic heterocycles. The molecule has 18 heavy (non-hydrogen) atoms. The Labute approximate surface area is 117 Å². The largest absolute Gasteiger partial charge is 0.294 e. The molecule has 0 heterocycles. The van der Waals surface area contributed by atoms with Crippen LogP contribution in [0.25, 0.3) is 0 Å². The quantitative estimate of drug-likeness (QED) is 0.489. The fourth-order valence-corrected chi connectivity index (χ4v) is 1.60. The minimum absolute atomic E-state index is 0. The Balaban J connectivity index is 0.00000162. The molecule has 0 aliphatic rings. The minimum atomic E-state index is -0.139. The average Bonchev–Trinajstić information content (AvgIpc) is 2.40. The molecule has 2 nitrogen and oxygen atoms in total. The number of Topliss-reactive ketones (excluding diaryl/α,β-unsaturated/α-hetero) is 2. The molecule has 2 aromatic carbocycles. The molecule has 0 bridgehead atoms. The fraction of sp³-hybridized carbons (Fsp3) is 0.0667. The van der Waals surface area contributed by atoms with E-state index in [9.17, 15) is 9.59 Å².